The van der Waals surface area contributed by atoms with Crippen LogP contribution < -0.4 is 0 Å². The fraction of sp³-hybridized carbons (Fsp3) is 0.743. The van der Waals surface area contributed by atoms with E-state index in [1.807, 2.05) is 0 Å². The van der Waals surface area contributed by atoms with E-state index in [9.17, 15) is 14.4 Å². The van der Waals surface area contributed by atoms with Crippen LogP contribution in [0.25, 0.3) is 0 Å². The van der Waals surface area contributed by atoms with Gasteiger partial charge in [0.2, 0.25) is 0 Å². The van der Waals surface area contributed by atoms with Crippen LogP contribution in [0.4, 0.5) is 0 Å². The minimum absolute atomic E-state index is 0.0872. The summed E-state index contributed by atoms with van der Waals surface area (Å²) in [5.74, 6) is -0.898. The Kier molecular flexibility index (Phi) is 64.7. The van der Waals surface area contributed by atoms with E-state index in [1.165, 1.54) is 167 Å². The number of allylic oxidation sites excluding steroid dienone is 16. The zero-order valence-electron chi connectivity index (χ0n) is 52.8. The zero-order valence-corrected chi connectivity index (χ0v) is 52.8. The highest BCUT2D eigenvalue weighted by molar-refractivity contribution is 5.71. The molecule has 0 heterocycles. The van der Waals surface area contributed by atoms with Crippen molar-refractivity contribution in [2.24, 2.45) is 0 Å². The van der Waals surface area contributed by atoms with Gasteiger partial charge in [-0.15, -0.1) is 0 Å². The fourth-order valence-electron chi connectivity index (χ4n) is 9.71. The van der Waals surface area contributed by atoms with Crippen LogP contribution in [0.1, 0.15) is 335 Å². The maximum Gasteiger partial charge on any atom is 0.306 e. The van der Waals surface area contributed by atoms with Gasteiger partial charge in [-0.25, -0.2) is 0 Å². The van der Waals surface area contributed by atoms with Crippen molar-refractivity contribution >= 4 is 17.9 Å². The van der Waals surface area contributed by atoms with E-state index in [0.29, 0.717) is 19.3 Å². The van der Waals surface area contributed by atoms with Crippen LogP contribution >= 0.6 is 0 Å². The Morgan fingerprint density at radius 1 is 0.263 bits per heavy atom. The number of rotatable bonds is 62. The Labute approximate surface area is 496 Å². The molecule has 0 aromatic carbocycles. The highest BCUT2D eigenvalue weighted by Gasteiger charge is 2.19. The van der Waals surface area contributed by atoms with Gasteiger partial charge in [0.05, 0.1) is 0 Å². The molecule has 0 spiro atoms. The molecule has 0 aromatic rings. The first-order chi connectivity index (χ1) is 39.5. The predicted molar refractivity (Wildman–Crippen MR) is 348 cm³/mol. The number of unbranched alkanes of at least 4 members (excludes halogenated alkanes) is 35. The minimum atomic E-state index is -0.791. The molecule has 0 amide bonds. The molecule has 0 saturated heterocycles. The number of carbonyl (C=O) groups excluding carboxylic acids is 3. The maximum atomic E-state index is 13.0. The highest BCUT2D eigenvalue weighted by atomic mass is 16.6. The van der Waals surface area contributed by atoms with Gasteiger partial charge < -0.3 is 14.2 Å². The summed E-state index contributed by atoms with van der Waals surface area (Å²) in [5, 5.41) is 0. The Morgan fingerprint density at radius 3 is 0.775 bits per heavy atom. The number of ether oxygens (including phenoxy) is 3. The maximum absolute atomic E-state index is 13.0. The van der Waals surface area contributed by atoms with Gasteiger partial charge >= 0.3 is 17.9 Å². The second-order valence-corrected chi connectivity index (χ2v) is 22.7. The molecule has 0 rings (SSSR count). The smallest absolute Gasteiger partial charge is 0.306 e. The van der Waals surface area contributed by atoms with Gasteiger partial charge in [-0.05, 0) is 103 Å². The molecule has 0 aliphatic rings. The lowest BCUT2D eigenvalue weighted by molar-refractivity contribution is -0.167. The lowest BCUT2D eigenvalue weighted by Gasteiger charge is -2.18. The number of hydrogen-bond donors (Lipinski definition) is 0. The SMILES string of the molecule is CC/C=C\C/C=C\C/C=C\C/C=C\C/C=C\C/C=C\CCCCCCCCC(=O)OCC(COC(=O)CCCCCCC/C=C\C/C=C\CCCCCC)OC(=O)CCCCCCCCCCCCCCCCCCCCCCC. The molecule has 0 aliphatic heterocycles. The average Bonchev–Trinajstić information content (AvgIpc) is 3.46. The number of hydrogen-bond acceptors (Lipinski definition) is 6. The van der Waals surface area contributed by atoms with Crippen molar-refractivity contribution in [2.45, 2.75) is 341 Å². The Hall–Kier alpha value is -3.67. The molecule has 0 aromatic heterocycles. The van der Waals surface area contributed by atoms with Gasteiger partial charge in [-0.1, -0.05) is 311 Å². The van der Waals surface area contributed by atoms with Crippen molar-refractivity contribution in [1.29, 1.82) is 0 Å². The molecule has 6 nitrogen and oxygen atoms in total. The van der Waals surface area contributed by atoms with Crippen LogP contribution in [0, 0.1) is 0 Å². The van der Waals surface area contributed by atoms with Crippen molar-refractivity contribution in [1.82, 2.24) is 0 Å². The summed E-state index contributed by atoms with van der Waals surface area (Å²) in [6, 6.07) is 0. The lowest BCUT2D eigenvalue weighted by atomic mass is 10.0. The third kappa shape index (κ3) is 65.1. The van der Waals surface area contributed by atoms with Crippen molar-refractivity contribution in [2.75, 3.05) is 13.2 Å². The van der Waals surface area contributed by atoms with Gasteiger partial charge in [-0.2, -0.15) is 0 Å². The van der Waals surface area contributed by atoms with E-state index < -0.39 is 6.10 Å². The van der Waals surface area contributed by atoms with Crippen LogP contribution in [0.5, 0.6) is 0 Å². The van der Waals surface area contributed by atoms with Crippen LogP contribution in [0.3, 0.4) is 0 Å². The summed E-state index contributed by atoms with van der Waals surface area (Å²) in [4.78, 5) is 38.4. The van der Waals surface area contributed by atoms with Crippen molar-refractivity contribution in [3.8, 4) is 0 Å². The standard InChI is InChI=1S/C74H128O6/c1-4-7-10-13-16-19-22-25-28-31-33-35-36-37-38-40-41-43-46-49-52-55-58-61-64-67-73(76)79-70-71(69-78-72(75)66-63-60-57-54-51-48-45-30-27-24-21-18-15-12-9-6-3)80-74(77)68-65-62-59-56-53-50-47-44-42-39-34-32-29-26-23-20-17-14-11-8-5-2/h7,10,16,19,21,24-25,28,30,33,35,37-38,41,43,45,71H,4-6,8-9,11-15,17-18,20,22-23,26-27,29,31-32,34,36,39-40,42,44,46-70H2,1-3H3/b10-7-,19-16-,24-21-,28-25-,35-33-,38-37-,43-41-,45-30-. The van der Waals surface area contributed by atoms with Gasteiger partial charge in [0.1, 0.15) is 13.2 Å². The summed E-state index contributed by atoms with van der Waals surface area (Å²) in [7, 11) is 0. The summed E-state index contributed by atoms with van der Waals surface area (Å²) >= 11 is 0. The van der Waals surface area contributed by atoms with Crippen LogP contribution in [0.15, 0.2) is 97.2 Å². The molecule has 0 aliphatic carbocycles. The predicted octanol–water partition coefficient (Wildman–Crippen LogP) is 23.6. The average molecular weight is 1110 g/mol. The van der Waals surface area contributed by atoms with Crippen LogP contribution in [-0.2, 0) is 28.6 Å². The second-order valence-electron chi connectivity index (χ2n) is 22.7. The molecule has 80 heavy (non-hydrogen) atoms. The Balaban J connectivity index is 4.39. The molecule has 460 valence electrons. The van der Waals surface area contributed by atoms with Crippen molar-refractivity contribution in [3.05, 3.63) is 97.2 Å². The zero-order chi connectivity index (χ0) is 57.8. The van der Waals surface area contributed by atoms with Gasteiger partial charge in [0, 0.05) is 19.3 Å². The van der Waals surface area contributed by atoms with E-state index >= 15 is 0 Å². The van der Waals surface area contributed by atoms with Gasteiger partial charge in [0.25, 0.3) is 0 Å². The first-order valence-electron chi connectivity index (χ1n) is 34.2. The van der Waals surface area contributed by atoms with Crippen molar-refractivity contribution < 1.29 is 28.6 Å². The molecular weight excluding hydrogens is 985 g/mol. The summed E-state index contributed by atoms with van der Waals surface area (Å²) in [5.41, 5.74) is 0. The van der Waals surface area contributed by atoms with E-state index in [1.54, 1.807) is 0 Å². The first kappa shape index (κ1) is 76.3. The molecule has 0 N–H and O–H groups in total. The van der Waals surface area contributed by atoms with E-state index in [-0.39, 0.29) is 31.1 Å². The Bertz CT molecular complexity index is 1560. The third-order valence-electron chi connectivity index (χ3n) is 14.8. The summed E-state index contributed by atoms with van der Waals surface area (Å²) in [6.07, 6.45) is 91.3. The van der Waals surface area contributed by atoms with Gasteiger partial charge in [0.15, 0.2) is 6.10 Å². The minimum Gasteiger partial charge on any atom is -0.462 e. The largest absolute Gasteiger partial charge is 0.462 e. The number of carbonyl (C=O) groups is 3. The Morgan fingerprint density at radius 2 is 0.487 bits per heavy atom. The molecule has 1 unspecified atom stereocenters. The van der Waals surface area contributed by atoms with E-state index in [4.69, 9.17) is 14.2 Å². The molecule has 0 radical (unpaired) electrons. The first-order valence-corrected chi connectivity index (χ1v) is 34.2. The normalized spacial score (nSPS) is 12.7. The van der Waals surface area contributed by atoms with E-state index in [0.717, 1.165) is 128 Å². The fourth-order valence-corrected chi connectivity index (χ4v) is 9.71. The molecule has 1 atom stereocenters. The number of esters is 3. The topological polar surface area (TPSA) is 78.9 Å². The lowest BCUT2D eigenvalue weighted by Crippen LogP contribution is -2.30. The van der Waals surface area contributed by atoms with Crippen molar-refractivity contribution in [3.63, 3.8) is 0 Å². The quantitative estimate of drug-likeness (QED) is 0.0261. The summed E-state index contributed by atoms with van der Waals surface area (Å²) in [6.45, 7) is 6.53. The molecule has 6 heteroatoms. The molecule has 0 saturated carbocycles. The van der Waals surface area contributed by atoms with Crippen LogP contribution in [0.2, 0.25) is 0 Å². The second kappa shape index (κ2) is 67.8. The monoisotopic (exact) mass is 1110 g/mol. The van der Waals surface area contributed by atoms with E-state index in [2.05, 4.69) is 118 Å². The summed E-state index contributed by atoms with van der Waals surface area (Å²) < 4.78 is 17.0. The third-order valence-corrected chi connectivity index (χ3v) is 14.8. The molecular formula is C74H128O6. The highest BCUT2D eigenvalue weighted by Crippen LogP contribution is 2.17. The molecule has 0 bridgehead atoms. The molecule has 0 fully saturated rings. The van der Waals surface area contributed by atoms with Gasteiger partial charge in [-0.3, -0.25) is 14.4 Å². The van der Waals surface area contributed by atoms with Crippen LogP contribution in [-0.4, -0.2) is 37.2 Å².